The highest BCUT2D eigenvalue weighted by atomic mass is 16.3. The van der Waals surface area contributed by atoms with Gasteiger partial charge in [-0.05, 0) is 100 Å². The van der Waals surface area contributed by atoms with Gasteiger partial charge in [-0.15, -0.1) is 0 Å². The van der Waals surface area contributed by atoms with Crippen molar-refractivity contribution < 1.29 is 9.90 Å². The number of rotatable bonds is 7. The lowest BCUT2D eigenvalue weighted by molar-refractivity contribution is -0.113. The van der Waals surface area contributed by atoms with E-state index in [1.54, 1.807) is 6.08 Å². The van der Waals surface area contributed by atoms with Crippen molar-refractivity contribution in [2.75, 3.05) is 14.1 Å². The first-order chi connectivity index (χ1) is 15.3. The molecule has 0 amide bonds. The van der Waals surface area contributed by atoms with Gasteiger partial charge in [-0.25, -0.2) is 0 Å². The number of hydrogen-bond donors (Lipinski definition) is 1. The Kier molecular flexibility index (Phi) is 7.54. The van der Waals surface area contributed by atoms with E-state index >= 15 is 0 Å². The van der Waals surface area contributed by atoms with Crippen LogP contribution in [0.1, 0.15) is 87.0 Å². The molecule has 0 aromatic carbocycles. The van der Waals surface area contributed by atoms with E-state index in [4.69, 9.17) is 0 Å². The van der Waals surface area contributed by atoms with E-state index < -0.39 is 0 Å². The second-order valence-corrected chi connectivity index (χ2v) is 12.1. The normalized spacial score (nSPS) is 34.5. The summed E-state index contributed by atoms with van der Waals surface area (Å²) < 4.78 is 0. The van der Waals surface area contributed by atoms with Crippen LogP contribution >= 0.6 is 0 Å². The summed E-state index contributed by atoms with van der Waals surface area (Å²) in [5, 5.41) is 10.1. The molecule has 1 fully saturated rings. The van der Waals surface area contributed by atoms with Gasteiger partial charge in [-0.1, -0.05) is 58.8 Å². The summed E-state index contributed by atoms with van der Waals surface area (Å²) in [7, 11) is 4.50. The SMILES string of the molecule is CC[C@@H](C)[C@@H]1C[C@](C)(N(C)C)CC[C@]1(C)CC[C@H](C)C1=CC=C2C(=CC(=O)C(O)=C2C)[C@H]1C. The Morgan fingerprint density at radius 1 is 1.18 bits per heavy atom. The van der Waals surface area contributed by atoms with Crippen molar-refractivity contribution in [3.8, 4) is 0 Å². The summed E-state index contributed by atoms with van der Waals surface area (Å²) in [4.78, 5) is 14.7. The molecule has 0 saturated heterocycles. The lowest BCUT2D eigenvalue weighted by Crippen LogP contribution is -2.51. The molecule has 3 heteroatoms. The lowest BCUT2D eigenvalue weighted by Gasteiger charge is -2.54. The molecule has 0 unspecified atom stereocenters. The molecule has 0 radical (unpaired) electrons. The Bertz CT molecular complexity index is 904. The van der Waals surface area contributed by atoms with E-state index in [1.807, 2.05) is 6.92 Å². The van der Waals surface area contributed by atoms with Gasteiger partial charge < -0.3 is 10.0 Å². The fourth-order valence-corrected chi connectivity index (χ4v) is 6.65. The van der Waals surface area contributed by atoms with Gasteiger partial charge in [0.25, 0.3) is 0 Å². The number of nitrogens with zero attached hydrogens (tertiary/aromatic N) is 1. The molecule has 0 aromatic heterocycles. The van der Waals surface area contributed by atoms with Crippen LogP contribution in [0.25, 0.3) is 0 Å². The molecule has 0 spiro atoms. The van der Waals surface area contributed by atoms with Crippen LogP contribution in [-0.2, 0) is 4.79 Å². The highest BCUT2D eigenvalue weighted by molar-refractivity contribution is 6.06. The van der Waals surface area contributed by atoms with E-state index in [1.165, 1.54) is 44.1 Å². The second-order valence-electron chi connectivity index (χ2n) is 12.1. The summed E-state index contributed by atoms with van der Waals surface area (Å²) in [5.74, 6) is 1.82. The third kappa shape index (κ3) is 4.81. The summed E-state index contributed by atoms with van der Waals surface area (Å²) in [6.07, 6.45) is 13.6. The van der Waals surface area contributed by atoms with Crippen molar-refractivity contribution in [2.24, 2.45) is 29.1 Å². The zero-order valence-electron chi connectivity index (χ0n) is 22.6. The molecule has 184 valence electrons. The Morgan fingerprint density at radius 2 is 1.85 bits per heavy atom. The van der Waals surface area contributed by atoms with Crippen molar-refractivity contribution >= 4 is 5.78 Å². The van der Waals surface area contributed by atoms with Crippen LogP contribution in [0.15, 0.2) is 46.3 Å². The molecule has 3 aliphatic rings. The predicted molar refractivity (Wildman–Crippen MR) is 139 cm³/mol. The molecule has 1 saturated carbocycles. The maximum absolute atomic E-state index is 12.3. The van der Waals surface area contributed by atoms with Crippen molar-refractivity contribution in [1.29, 1.82) is 0 Å². The van der Waals surface area contributed by atoms with E-state index in [-0.39, 0.29) is 17.5 Å². The van der Waals surface area contributed by atoms with E-state index in [2.05, 4.69) is 72.7 Å². The molecular weight excluding hydrogens is 406 g/mol. The number of hydrogen-bond acceptors (Lipinski definition) is 3. The molecule has 3 nitrogen and oxygen atoms in total. The van der Waals surface area contributed by atoms with Crippen LogP contribution < -0.4 is 0 Å². The number of carbonyl (C=O) groups excluding carboxylic acids is 1. The van der Waals surface area contributed by atoms with Crippen molar-refractivity contribution in [2.45, 2.75) is 92.5 Å². The maximum atomic E-state index is 12.3. The van der Waals surface area contributed by atoms with Gasteiger partial charge in [-0.3, -0.25) is 4.79 Å². The first-order valence-corrected chi connectivity index (χ1v) is 13.1. The quantitative estimate of drug-likeness (QED) is 0.436. The Labute approximate surface area is 202 Å². The standard InChI is InChI=1S/C30H47NO2/c1-10-19(2)26-18-30(7,31(8)9)16-15-29(26,6)14-13-20(3)23-11-12-24-22(5)28(33)27(32)17-25(24)21(23)4/h11-12,17,19-21,26,33H,10,13-16,18H2,1-9H3/t19-,20+,21+,26+,29+,30-/m1/s1. The molecule has 1 N–H and O–H groups in total. The van der Waals surface area contributed by atoms with Gasteiger partial charge in [0.2, 0.25) is 5.78 Å². The van der Waals surface area contributed by atoms with Gasteiger partial charge in [0.15, 0.2) is 5.76 Å². The number of fused-ring (bicyclic) bond motifs is 1. The number of allylic oxidation sites excluding steroid dienone is 7. The molecule has 0 aromatic rings. The Balaban J connectivity index is 1.77. The fraction of sp³-hybridized carbons (Fsp3) is 0.700. The minimum absolute atomic E-state index is 0.104. The monoisotopic (exact) mass is 453 g/mol. The van der Waals surface area contributed by atoms with Crippen molar-refractivity contribution in [1.82, 2.24) is 4.90 Å². The largest absolute Gasteiger partial charge is 0.504 e. The number of aliphatic hydroxyl groups is 1. The van der Waals surface area contributed by atoms with Crippen LogP contribution in [0.4, 0.5) is 0 Å². The average molecular weight is 454 g/mol. The lowest BCUT2D eigenvalue weighted by atomic mass is 9.56. The first kappa shape index (κ1) is 26.0. The molecule has 0 aliphatic heterocycles. The molecular formula is C30H47NO2. The first-order valence-electron chi connectivity index (χ1n) is 13.1. The molecule has 33 heavy (non-hydrogen) atoms. The summed E-state index contributed by atoms with van der Waals surface area (Å²) in [6, 6.07) is 0. The summed E-state index contributed by atoms with van der Waals surface area (Å²) in [5.41, 5.74) is 4.91. The third-order valence-corrected chi connectivity index (χ3v) is 9.92. The Morgan fingerprint density at radius 3 is 2.45 bits per heavy atom. The average Bonchev–Trinajstić information content (AvgIpc) is 2.78. The van der Waals surface area contributed by atoms with Crippen LogP contribution in [0.5, 0.6) is 0 Å². The highest BCUT2D eigenvalue weighted by Crippen LogP contribution is 2.53. The van der Waals surface area contributed by atoms with E-state index in [0.717, 1.165) is 23.0 Å². The topological polar surface area (TPSA) is 40.5 Å². The predicted octanol–water partition coefficient (Wildman–Crippen LogP) is 7.42. The van der Waals surface area contributed by atoms with Crippen LogP contribution in [-0.4, -0.2) is 35.4 Å². The van der Waals surface area contributed by atoms with Crippen LogP contribution in [0, 0.1) is 29.1 Å². The second kappa shape index (κ2) is 9.56. The minimum atomic E-state index is -0.254. The smallest absolute Gasteiger partial charge is 0.220 e. The van der Waals surface area contributed by atoms with Crippen molar-refractivity contribution in [3.63, 3.8) is 0 Å². The minimum Gasteiger partial charge on any atom is -0.504 e. The fourth-order valence-electron chi connectivity index (χ4n) is 6.65. The van der Waals surface area contributed by atoms with Gasteiger partial charge in [0.05, 0.1) is 0 Å². The van der Waals surface area contributed by atoms with E-state index in [9.17, 15) is 9.90 Å². The van der Waals surface area contributed by atoms with Gasteiger partial charge in [-0.2, -0.15) is 0 Å². The number of ketones is 1. The molecule has 3 aliphatic carbocycles. The highest BCUT2D eigenvalue weighted by Gasteiger charge is 2.47. The molecule has 0 heterocycles. The zero-order valence-corrected chi connectivity index (χ0v) is 22.6. The van der Waals surface area contributed by atoms with Gasteiger partial charge in [0, 0.05) is 17.0 Å². The van der Waals surface area contributed by atoms with Crippen molar-refractivity contribution in [3.05, 3.63) is 46.3 Å². The van der Waals surface area contributed by atoms with Gasteiger partial charge in [0.1, 0.15) is 0 Å². The van der Waals surface area contributed by atoms with E-state index in [0.29, 0.717) is 22.4 Å². The number of carbonyl (C=O) groups is 1. The van der Waals surface area contributed by atoms with Crippen LogP contribution in [0.3, 0.4) is 0 Å². The summed E-state index contributed by atoms with van der Waals surface area (Å²) >= 11 is 0. The number of aliphatic hydroxyl groups excluding tert-OH is 1. The third-order valence-electron chi connectivity index (χ3n) is 9.92. The van der Waals surface area contributed by atoms with Crippen LogP contribution in [0.2, 0.25) is 0 Å². The maximum Gasteiger partial charge on any atom is 0.220 e. The summed E-state index contributed by atoms with van der Waals surface area (Å²) in [6.45, 7) is 16.3. The zero-order chi connectivity index (χ0) is 24.7. The molecule has 6 atom stereocenters. The molecule has 0 bridgehead atoms. The van der Waals surface area contributed by atoms with Gasteiger partial charge >= 0.3 is 0 Å². The Hall–Kier alpha value is -1.61. The molecule has 3 rings (SSSR count).